The van der Waals surface area contributed by atoms with Crippen LogP contribution in [0.15, 0.2) is 48.5 Å². The lowest BCUT2D eigenvalue weighted by Crippen LogP contribution is -2.09. The smallest absolute Gasteiger partial charge is 0.419 e. The van der Waals surface area contributed by atoms with E-state index >= 15 is 0 Å². The van der Waals surface area contributed by atoms with E-state index in [0.717, 1.165) is 23.6 Å². The maximum Gasteiger partial charge on any atom is 0.419 e. The first-order chi connectivity index (χ1) is 10.0. The second-order valence-corrected chi connectivity index (χ2v) is 4.75. The van der Waals surface area contributed by atoms with Crippen molar-refractivity contribution in [3.63, 3.8) is 0 Å². The van der Waals surface area contributed by atoms with Crippen LogP contribution in [-0.2, 0) is 19.0 Å². The molecule has 0 unspecified atom stereocenters. The average Bonchev–Trinajstić information content (AvgIpc) is 2.45. The van der Waals surface area contributed by atoms with E-state index < -0.39 is 11.7 Å². The summed E-state index contributed by atoms with van der Waals surface area (Å²) in [6.07, 6.45) is -2.91. The molecule has 0 bridgehead atoms. The van der Waals surface area contributed by atoms with Gasteiger partial charge in [0, 0.05) is 0 Å². The Labute approximate surface area is 122 Å². The summed E-state index contributed by atoms with van der Waals surface area (Å²) < 4.78 is 43.8. The Morgan fingerprint density at radius 3 is 2.19 bits per heavy atom. The molecule has 21 heavy (non-hydrogen) atoms. The highest BCUT2D eigenvalue weighted by atomic mass is 19.4. The van der Waals surface area contributed by atoms with Gasteiger partial charge in [0.2, 0.25) is 0 Å². The molecule has 0 heterocycles. The minimum Gasteiger partial charge on any atom is -0.493 e. The van der Waals surface area contributed by atoms with Crippen LogP contribution in [0.1, 0.15) is 23.6 Å². The normalized spacial score (nSPS) is 11.4. The van der Waals surface area contributed by atoms with Gasteiger partial charge in [-0.05, 0) is 43.0 Å². The lowest BCUT2D eigenvalue weighted by Gasteiger charge is -2.14. The Hall–Kier alpha value is -1.97. The molecule has 2 rings (SSSR count). The van der Waals surface area contributed by atoms with Crippen molar-refractivity contribution in [1.82, 2.24) is 0 Å². The SMILES string of the molecule is CCOc1cc(CCc2ccccc2)ccc1C(F)(F)F. The first-order valence-corrected chi connectivity index (χ1v) is 6.87. The number of ether oxygens (including phenoxy) is 1. The van der Waals surface area contributed by atoms with Crippen molar-refractivity contribution in [3.8, 4) is 5.75 Å². The molecule has 0 radical (unpaired) electrons. The van der Waals surface area contributed by atoms with Crippen LogP contribution < -0.4 is 4.74 Å². The predicted molar refractivity (Wildman–Crippen MR) is 76.5 cm³/mol. The first-order valence-electron chi connectivity index (χ1n) is 6.87. The van der Waals surface area contributed by atoms with Gasteiger partial charge in [0.15, 0.2) is 0 Å². The third kappa shape index (κ3) is 4.25. The van der Waals surface area contributed by atoms with Crippen molar-refractivity contribution in [1.29, 1.82) is 0 Å². The predicted octanol–water partition coefficient (Wildman–Crippen LogP) is 4.89. The third-order valence-corrected chi connectivity index (χ3v) is 3.20. The van der Waals surface area contributed by atoms with Crippen molar-refractivity contribution >= 4 is 0 Å². The number of halogens is 3. The number of aryl methyl sites for hydroxylation is 2. The molecule has 0 fully saturated rings. The van der Waals surface area contributed by atoms with Crippen LogP contribution in [0, 0.1) is 0 Å². The van der Waals surface area contributed by atoms with Crippen molar-refractivity contribution < 1.29 is 17.9 Å². The van der Waals surface area contributed by atoms with Crippen LogP contribution in [0.5, 0.6) is 5.75 Å². The molecule has 0 aliphatic carbocycles. The van der Waals surface area contributed by atoms with Gasteiger partial charge in [-0.15, -0.1) is 0 Å². The standard InChI is InChI=1S/C17H17F3O/c1-2-21-16-12-14(10-11-15(16)17(18,19)20)9-8-13-6-4-3-5-7-13/h3-7,10-12H,2,8-9H2,1H3. The molecular formula is C17H17F3O. The first kappa shape index (κ1) is 15.4. The van der Waals surface area contributed by atoms with Crippen molar-refractivity contribution in [2.24, 2.45) is 0 Å². The number of hydrogen-bond donors (Lipinski definition) is 0. The second kappa shape index (κ2) is 6.66. The molecule has 0 aliphatic rings. The monoisotopic (exact) mass is 294 g/mol. The van der Waals surface area contributed by atoms with Gasteiger partial charge < -0.3 is 4.74 Å². The molecule has 112 valence electrons. The average molecular weight is 294 g/mol. The fraction of sp³-hybridized carbons (Fsp3) is 0.294. The van der Waals surface area contributed by atoms with Crippen LogP contribution in [0.3, 0.4) is 0 Å². The number of benzene rings is 2. The molecule has 2 aromatic carbocycles. The van der Waals surface area contributed by atoms with Gasteiger partial charge in [-0.25, -0.2) is 0 Å². The van der Waals surface area contributed by atoms with E-state index in [1.165, 1.54) is 12.1 Å². The maximum absolute atomic E-state index is 12.9. The Bertz CT molecular complexity index is 576. The number of hydrogen-bond acceptors (Lipinski definition) is 1. The molecule has 2 aromatic rings. The molecule has 0 atom stereocenters. The van der Waals surface area contributed by atoms with E-state index in [9.17, 15) is 13.2 Å². The molecular weight excluding hydrogens is 277 g/mol. The van der Waals surface area contributed by atoms with Crippen LogP contribution in [0.2, 0.25) is 0 Å². The summed E-state index contributed by atoms with van der Waals surface area (Å²) in [5.41, 5.74) is 1.29. The molecule has 0 aliphatic heterocycles. The minimum atomic E-state index is -4.39. The summed E-state index contributed by atoms with van der Waals surface area (Å²) in [6, 6.07) is 14.0. The zero-order valence-corrected chi connectivity index (χ0v) is 11.8. The summed E-state index contributed by atoms with van der Waals surface area (Å²) in [4.78, 5) is 0. The lowest BCUT2D eigenvalue weighted by molar-refractivity contribution is -0.138. The van der Waals surface area contributed by atoms with Crippen LogP contribution >= 0.6 is 0 Å². The van der Waals surface area contributed by atoms with E-state index in [2.05, 4.69) is 0 Å². The molecule has 0 saturated heterocycles. The summed E-state index contributed by atoms with van der Waals surface area (Å²) >= 11 is 0. The summed E-state index contributed by atoms with van der Waals surface area (Å²) in [7, 11) is 0. The highest BCUT2D eigenvalue weighted by Gasteiger charge is 2.34. The largest absolute Gasteiger partial charge is 0.493 e. The summed E-state index contributed by atoms with van der Waals surface area (Å²) in [5.74, 6) is -0.0874. The molecule has 1 nitrogen and oxygen atoms in total. The fourth-order valence-electron chi connectivity index (χ4n) is 2.16. The fourth-order valence-corrected chi connectivity index (χ4v) is 2.16. The van der Waals surface area contributed by atoms with Gasteiger partial charge in [0.25, 0.3) is 0 Å². The molecule has 0 N–H and O–H groups in total. The van der Waals surface area contributed by atoms with Crippen molar-refractivity contribution in [2.75, 3.05) is 6.61 Å². The van der Waals surface area contributed by atoms with Gasteiger partial charge in [-0.3, -0.25) is 0 Å². The van der Waals surface area contributed by atoms with E-state index in [0.29, 0.717) is 6.42 Å². The Morgan fingerprint density at radius 2 is 1.57 bits per heavy atom. The van der Waals surface area contributed by atoms with Crippen molar-refractivity contribution in [3.05, 3.63) is 65.2 Å². The Kier molecular flexibility index (Phi) is 4.89. The number of alkyl halides is 3. The molecule has 0 spiro atoms. The Morgan fingerprint density at radius 1 is 0.905 bits per heavy atom. The van der Waals surface area contributed by atoms with Gasteiger partial charge >= 0.3 is 6.18 Å². The summed E-state index contributed by atoms with van der Waals surface area (Å²) in [6.45, 7) is 1.89. The zero-order chi connectivity index (χ0) is 15.3. The van der Waals surface area contributed by atoms with E-state index in [4.69, 9.17) is 4.74 Å². The van der Waals surface area contributed by atoms with Crippen LogP contribution in [-0.4, -0.2) is 6.61 Å². The van der Waals surface area contributed by atoms with Gasteiger partial charge in [0.1, 0.15) is 5.75 Å². The lowest BCUT2D eigenvalue weighted by atomic mass is 10.0. The third-order valence-electron chi connectivity index (χ3n) is 3.20. The molecule has 0 saturated carbocycles. The second-order valence-electron chi connectivity index (χ2n) is 4.75. The zero-order valence-electron chi connectivity index (χ0n) is 11.8. The quantitative estimate of drug-likeness (QED) is 0.763. The summed E-state index contributed by atoms with van der Waals surface area (Å²) in [5, 5.41) is 0. The highest BCUT2D eigenvalue weighted by molar-refractivity contribution is 5.40. The van der Waals surface area contributed by atoms with Crippen LogP contribution in [0.4, 0.5) is 13.2 Å². The van der Waals surface area contributed by atoms with Gasteiger partial charge in [-0.2, -0.15) is 13.2 Å². The van der Waals surface area contributed by atoms with E-state index in [1.54, 1.807) is 6.92 Å². The van der Waals surface area contributed by atoms with Gasteiger partial charge in [-0.1, -0.05) is 36.4 Å². The van der Waals surface area contributed by atoms with E-state index in [1.807, 2.05) is 30.3 Å². The highest BCUT2D eigenvalue weighted by Crippen LogP contribution is 2.36. The molecule has 0 aromatic heterocycles. The van der Waals surface area contributed by atoms with Crippen LogP contribution in [0.25, 0.3) is 0 Å². The number of rotatable bonds is 5. The topological polar surface area (TPSA) is 9.23 Å². The van der Waals surface area contributed by atoms with Gasteiger partial charge in [0.05, 0.1) is 12.2 Å². The molecule has 0 amide bonds. The minimum absolute atomic E-state index is 0.0874. The molecule has 4 heteroatoms. The Balaban J connectivity index is 2.16. The van der Waals surface area contributed by atoms with Crippen molar-refractivity contribution in [2.45, 2.75) is 25.9 Å². The maximum atomic E-state index is 12.9. The van der Waals surface area contributed by atoms with E-state index in [-0.39, 0.29) is 12.4 Å².